The van der Waals surface area contributed by atoms with Crippen LogP contribution in [0.4, 0.5) is 5.82 Å². The fraction of sp³-hybridized carbons (Fsp3) is 0.429. The first kappa shape index (κ1) is 24.0. The average Bonchev–Trinajstić information content (AvgIpc) is 3.54. The quantitative estimate of drug-likeness (QED) is 0.417. The van der Waals surface area contributed by atoms with E-state index in [-0.39, 0.29) is 17.4 Å². The number of amides is 1. The predicted octanol–water partition coefficient (Wildman–Crippen LogP) is 4.97. The van der Waals surface area contributed by atoms with Gasteiger partial charge in [0.15, 0.2) is 0 Å². The summed E-state index contributed by atoms with van der Waals surface area (Å²) in [6.07, 6.45) is 11.4. The molecule has 1 fully saturated rings. The van der Waals surface area contributed by atoms with Gasteiger partial charge in [0.2, 0.25) is 5.91 Å². The molecule has 1 aliphatic rings. The molecule has 1 amide bonds. The Labute approximate surface area is 212 Å². The van der Waals surface area contributed by atoms with Crippen molar-refractivity contribution in [3.63, 3.8) is 0 Å². The van der Waals surface area contributed by atoms with Crippen LogP contribution >= 0.6 is 0 Å². The zero-order valence-corrected chi connectivity index (χ0v) is 21.8. The summed E-state index contributed by atoms with van der Waals surface area (Å²) in [6.45, 7) is 12.0. The van der Waals surface area contributed by atoms with Crippen LogP contribution in [0.1, 0.15) is 53.5 Å². The molecule has 1 N–H and O–H groups in total. The summed E-state index contributed by atoms with van der Waals surface area (Å²) in [5.74, 6) is 1.10. The minimum absolute atomic E-state index is 0.157. The number of hydrogen-bond acceptors (Lipinski definition) is 5. The third-order valence-corrected chi connectivity index (χ3v) is 7.19. The first-order valence-electron chi connectivity index (χ1n) is 12.8. The van der Waals surface area contributed by atoms with Gasteiger partial charge in [0.05, 0.1) is 11.7 Å². The second kappa shape index (κ2) is 9.41. The second-order valence-corrected chi connectivity index (χ2v) is 10.7. The van der Waals surface area contributed by atoms with E-state index in [0.29, 0.717) is 6.04 Å². The molecule has 8 nitrogen and oxygen atoms in total. The Kier molecular flexibility index (Phi) is 6.28. The molecule has 0 atom stereocenters. The third-order valence-electron chi connectivity index (χ3n) is 7.19. The standard InChI is InChI=1S/C28H35N7O/c1-19(2)32-27(36)28(5)9-12-33(13-10-28)26-7-6-21(15-29-26)24-14-22(17-35-25(24)8-11-30-35)23-16-31-34(18-23)20(3)4/h6-8,11,14-20H,9-10,12-13H2,1-5H3,(H,32,36). The zero-order valence-electron chi connectivity index (χ0n) is 21.8. The van der Waals surface area contributed by atoms with E-state index in [1.807, 2.05) is 53.9 Å². The molecule has 0 unspecified atom stereocenters. The van der Waals surface area contributed by atoms with Gasteiger partial charge >= 0.3 is 0 Å². The number of carbonyl (C=O) groups is 1. The molecule has 4 aromatic rings. The minimum atomic E-state index is -0.321. The van der Waals surface area contributed by atoms with E-state index < -0.39 is 0 Å². The zero-order chi connectivity index (χ0) is 25.4. The molecule has 0 bridgehead atoms. The molecule has 0 aromatic carbocycles. The van der Waals surface area contributed by atoms with E-state index in [1.54, 1.807) is 0 Å². The summed E-state index contributed by atoms with van der Waals surface area (Å²) >= 11 is 0. The van der Waals surface area contributed by atoms with Crippen LogP contribution < -0.4 is 10.2 Å². The highest BCUT2D eigenvalue weighted by atomic mass is 16.2. The van der Waals surface area contributed by atoms with Crippen LogP contribution in [0.2, 0.25) is 0 Å². The number of anilines is 1. The minimum Gasteiger partial charge on any atom is -0.357 e. The van der Waals surface area contributed by atoms with Crippen molar-refractivity contribution in [1.29, 1.82) is 0 Å². The van der Waals surface area contributed by atoms with Crippen LogP contribution in [0.5, 0.6) is 0 Å². The van der Waals surface area contributed by atoms with Crippen LogP contribution in [0, 0.1) is 5.41 Å². The monoisotopic (exact) mass is 485 g/mol. The molecular formula is C28H35N7O. The number of carbonyl (C=O) groups excluding carboxylic acids is 1. The number of hydrogen-bond donors (Lipinski definition) is 1. The predicted molar refractivity (Wildman–Crippen MR) is 143 cm³/mol. The van der Waals surface area contributed by atoms with E-state index in [2.05, 4.69) is 65.6 Å². The lowest BCUT2D eigenvalue weighted by atomic mass is 9.79. The molecule has 4 aromatic heterocycles. The lowest BCUT2D eigenvalue weighted by molar-refractivity contribution is -0.131. The molecular weight excluding hydrogens is 450 g/mol. The van der Waals surface area contributed by atoms with Gasteiger partial charge in [-0.05, 0) is 64.8 Å². The summed E-state index contributed by atoms with van der Waals surface area (Å²) in [5.41, 5.74) is 4.96. The Bertz CT molecular complexity index is 1360. The fourth-order valence-electron chi connectivity index (χ4n) is 4.81. The SMILES string of the molecule is CC(C)NC(=O)C1(C)CCN(c2ccc(-c3cc(-c4cnn(C(C)C)c4)cn4nccc34)cn2)CC1. The number of rotatable bonds is 6. The van der Waals surface area contributed by atoms with E-state index in [0.717, 1.165) is 59.5 Å². The maximum absolute atomic E-state index is 12.7. The maximum atomic E-state index is 12.7. The molecule has 5 heterocycles. The molecule has 0 saturated carbocycles. The van der Waals surface area contributed by atoms with Crippen molar-refractivity contribution in [2.45, 2.75) is 59.5 Å². The van der Waals surface area contributed by atoms with Crippen molar-refractivity contribution in [1.82, 2.24) is 29.7 Å². The average molecular weight is 486 g/mol. The van der Waals surface area contributed by atoms with Crippen LogP contribution in [0.3, 0.4) is 0 Å². The van der Waals surface area contributed by atoms with Crippen LogP contribution in [0.25, 0.3) is 27.8 Å². The highest BCUT2D eigenvalue weighted by molar-refractivity contribution is 5.84. The van der Waals surface area contributed by atoms with Crippen molar-refractivity contribution >= 4 is 17.2 Å². The number of nitrogens with one attached hydrogen (secondary N) is 1. The molecule has 5 rings (SSSR count). The van der Waals surface area contributed by atoms with Crippen molar-refractivity contribution in [3.8, 4) is 22.3 Å². The smallest absolute Gasteiger partial charge is 0.226 e. The van der Waals surface area contributed by atoms with Gasteiger partial charge in [-0.1, -0.05) is 6.92 Å². The number of pyridine rings is 2. The Morgan fingerprint density at radius 2 is 1.75 bits per heavy atom. The van der Waals surface area contributed by atoms with Crippen LogP contribution in [0.15, 0.2) is 55.2 Å². The van der Waals surface area contributed by atoms with Gasteiger partial charge in [0, 0.05) is 77.6 Å². The van der Waals surface area contributed by atoms with Gasteiger partial charge in [0.1, 0.15) is 5.82 Å². The molecule has 188 valence electrons. The van der Waals surface area contributed by atoms with Gasteiger partial charge in [-0.3, -0.25) is 9.48 Å². The molecule has 8 heteroatoms. The molecule has 0 spiro atoms. The summed E-state index contributed by atoms with van der Waals surface area (Å²) in [4.78, 5) is 19.8. The molecule has 0 aliphatic carbocycles. The van der Waals surface area contributed by atoms with E-state index in [4.69, 9.17) is 4.98 Å². The summed E-state index contributed by atoms with van der Waals surface area (Å²) < 4.78 is 3.88. The highest BCUT2D eigenvalue weighted by Crippen LogP contribution is 2.34. The van der Waals surface area contributed by atoms with Gasteiger partial charge in [-0.2, -0.15) is 10.2 Å². The lowest BCUT2D eigenvalue weighted by Crippen LogP contribution is -2.49. The van der Waals surface area contributed by atoms with E-state index in [1.165, 1.54) is 0 Å². The first-order chi connectivity index (χ1) is 17.2. The van der Waals surface area contributed by atoms with E-state index in [9.17, 15) is 4.79 Å². The Hall–Kier alpha value is -3.68. The number of fused-ring (bicyclic) bond motifs is 1. The molecule has 36 heavy (non-hydrogen) atoms. The van der Waals surface area contributed by atoms with Crippen molar-refractivity contribution in [2.75, 3.05) is 18.0 Å². The van der Waals surface area contributed by atoms with Crippen molar-refractivity contribution < 1.29 is 4.79 Å². The largest absolute Gasteiger partial charge is 0.357 e. The number of aromatic nitrogens is 5. The molecule has 1 aliphatic heterocycles. The Balaban J connectivity index is 1.37. The molecule has 0 radical (unpaired) electrons. The van der Waals surface area contributed by atoms with Crippen molar-refractivity contribution in [3.05, 3.63) is 55.2 Å². The van der Waals surface area contributed by atoms with Crippen LogP contribution in [-0.4, -0.2) is 49.4 Å². The first-order valence-corrected chi connectivity index (χ1v) is 12.8. The second-order valence-electron chi connectivity index (χ2n) is 10.7. The highest BCUT2D eigenvalue weighted by Gasteiger charge is 2.37. The Morgan fingerprint density at radius 1 is 0.972 bits per heavy atom. The lowest BCUT2D eigenvalue weighted by Gasteiger charge is -2.39. The van der Waals surface area contributed by atoms with Crippen LogP contribution in [-0.2, 0) is 4.79 Å². The van der Waals surface area contributed by atoms with Gasteiger partial charge in [-0.15, -0.1) is 0 Å². The van der Waals surface area contributed by atoms with Gasteiger partial charge in [-0.25, -0.2) is 9.50 Å². The number of nitrogens with zero attached hydrogens (tertiary/aromatic N) is 6. The summed E-state index contributed by atoms with van der Waals surface area (Å²) in [5, 5.41) is 12.1. The Morgan fingerprint density at radius 3 is 2.39 bits per heavy atom. The topological polar surface area (TPSA) is 80.4 Å². The summed E-state index contributed by atoms with van der Waals surface area (Å²) in [7, 11) is 0. The van der Waals surface area contributed by atoms with Gasteiger partial charge in [0.25, 0.3) is 0 Å². The number of piperidine rings is 1. The third kappa shape index (κ3) is 4.59. The summed E-state index contributed by atoms with van der Waals surface area (Å²) in [6, 6.07) is 8.90. The normalized spacial score (nSPS) is 15.7. The fourth-order valence-corrected chi connectivity index (χ4v) is 4.81. The van der Waals surface area contributed by atoms with E-state index >= 15 is 0 Å². The maximum Gasteiger partial charge on any atom is 0.226 e. The van der Waals surface area contributed by atoms with Gasteiger partial charge < -0.3 is 10.2 Å². The van der Waals surface area contributed by atoms with Crippen molar-refractivity contribution in [2.24, 2.45) is 5.41 Å². The molecule has 1 saturated heterocycles.